The number of anilines is 1. The van der Waals surface area contributed by atoms with Gasteiger partial charge in [-0.25, -0.2) is 16.8 Å². The van der Waals surface area contributed by atoms with Crippen LogP contribution in [0.2, 0.25) is 0 Å². The Labute approximate surface area is 166 Å². The van der Waals surface area contributed by atoms with Crippen LogP contribution in [0.4, 0.5) is 5.69 Å². The fourth-order valence-electron chi connectivity index (χ4n) is 3.18. The van der Waals surface area contributed by atoms with Crippen molar-refractivity contribution in [1.29, 1.82) is 0 Å². The Kier molecular flexibility index (Phi) is 5.97. The number of benzene rings is 2. The molecule has 7 nitrogen and oxygen atoms in total. The van der Waals surface area contributed by atoms with Crippen LogP contribution in [0.5, 0.6) is 5.75 Å². The summed E-state index contributed by atoms with van der Waals surface area (Å²) in [5, 5.41) is 0. The van der Waals surface area contributed by atoms with Crippen molar-refractivity contribution in [3.63, 3.8) is 0 Å². The molecule has 0 aliphatic carbocycles. The number of hydrogen-bond acceptors (Lipinski definition) is 5. The lowest BCUT2D eigenvalue weighted by atomic mass is 10.0. The standard InChI is InChI=1S/C19H24N2O5S2/c1-15-4-3-13-21(14-15)28(24,25)19-9-5-16(6-10-19)20-27(22,23)18-11-7-17(26-2)8-12-18/h5-12,15,20H,3-4,13-14H2,1-2H3. The van der Waals surface area contributed by atoms with Gasteiger partial charge in [0.15, 0.2) is 0 Å². The monoisotopic (exact) mass is 424 g/mol. The number of rotatable bonds is 6. The van der Waals surface area contributed by atoms with E-state index in [1.165, 1.54) is 47.8 Å². The van der Waals surface area contributed by atoms with E-state index >= 15 is 0 Å². The SMILES string of the molecule is COc1ccc(S(=O)(=O)Nc2ccc(S(=O)(=O)N3CCCC(C)C3)cc2)cc1. The molecule has 1 saturated heterocycles. The maximum Gasteiger partial charge on any atom is 0.261 e. The van der Waals surface area contributed by atoms with Crippen molar-refractivity contribution in [3.05, 3.63) is 48.5 Å². The van der Waals surface area contributed by atoms with Gasteiger partial charge in [0, 0.05) is 18.8 Å². The number of hydrogen-bond donors (Lipinski definition) is 1. The van der Waals surface area contributed by atoms with Crippen LogP contribution in [0, 0.1) is 5.92 Å². The number of nitrogens with zero attached hydrogens (tertiary/aromatic N) is 1. The third-order valence-electron chi connectivity index (χ3n) is 4.73. The van der Waals surface area contributed by atoms with E-state index in [4.69, 9.17) is 4.74 Å². The first-order valence-corrected chi connectivity index (χ1v) is 11.9. The van der Waals surface area contributed by atoms with Crippen LogP contribution in [0.25, 0.3) is 0 Å². The molecule has 1 unspecified atom stereocenters. The molecule has 0 amide bonds. The van der Waals surface area contributed by atoms with Crippen LogP contribution in [-0.2, 0) is 20.0 Å². The van der Waals surface area contributed by atoms with E-state index < -0.39 is 20.0 Å². The molecule has 152 valence electrons. The lowest BCUT2D eigenvalue weighted by molar-refractivity contribution is 0.281. The van der Waals surface area contributed by atoms with Crippen molar-refractivity contribution < 1.29 is 21.6 Å². The summed E-state index contributed by atoms with van der Waals surface area (Å²) in [6.07, 6.45) is 1.87. The molecule has 1 atom stereocenters. The second-order valence-corrected chi connectivity index (χ2v) is 10.5. The highest BCUT2D eigenvalue weighted by atomic mass is 32.2. The highest BCUT2D eigenvalue weighted by Crippen LogP contribution is 2.25. The fourth-order valence-corrected chi connectivity index (χ4v) is 5.83. The summed E-state index contributed by atoms with van der Waals surface area (Å²) < 4.78 is 59.5. The fraction of sp³-hybridized carbons (Fsp3) is 0.368. The van der Waals surface area contributed by atoms with E-state index in [9.17, 15) is 16.8 Å². The summed E-state index contributed by atoms with van der Waals surface area (Å²) >= 11 is 0. The number of piperidine rings is 1. The van der Waals surface area contributed by atoms with Gasteiger partial charge >= 0.3 is 0 Å². The average Bonchev–Trinajstić information content (AvgIpc) is 2.68. The Morgan fingerprint density at radius 1 is 0.964 bits per heavy atom. The normalized spacial score (nSPS) is 18.6. The van der Waals surface area contributed by atoms with Gasteiger partial charge in [-0.3, -0.25) is 4.72 Å². The Morgan fingerprint density at radius 2 is 1.57 bits per heavy atom. The van der Waals surface area contributed by atoms with Crippen molar-refractivity contribution in [1.82, 2.24) is 4.31 Å². The molecule has 9 heteroatoms. The van der Waals surface area contributed by atoms with Gasteiger partial charge in [-0.05, 0) is 67.3 Å². The zero-order chi connectivity index (χ0) is 20.4. The molecule has 2 aromatic rings. The molecular weight excluding hydrogens is 400 g/mol. The van der Waals surface area contributed by atoms with Crippen LogP contribution in [0.3, 0.4) is 0 Å². The van der Waals surface area contributed by atoms with E-state index in [2.05, 4.69) is 4.72 Å². The largest absolute Gasteiger partial charge is 0.497 e. The lowest BCUT2D eigenvalue weighted by Crippen LogP contribution is -2.39. The summed E-state index contributed by atoms with van der Waals surface area (Å²) in [7, 11) is -5.85. The predicted octanol–water partition coefficient (Wildman–Crippen LogP) is 2.92. The van der Waals surface area contributed by atoms with Gasteiger partial charge in [-0.2, -0.15) is 4.31 Å². The van der Waals surface area contributed by atoms with E-state index in [-0.39, 0.29) is 9.79 Å². The first kappa shape index (κ1) is 20.6. The molecule has 0 spiro atoms. The smallest absolute Gasteiger partial charge is 0.261 e. The van der Waals surface area contributed by atoms with Crippen LogP contribution in [-0.4, -0.2) is 41.3 Å². The van der Waals surface area contributed by atoms with Crippen molar-refractivity contribution >= 4 is 25.7 Å². The summed E-state index contributed by atoms with van der Waals surface area (Å²) in [5.41, 5.74) is 0.293. The molecule has 1 aliphatic rings. The van der Waals surface area contributed by atoms with E-state index in [0.29, 0.717) is 30.4 Å². The lowest BCUT2D eigenvalue weighted by Gasteiger charge is -2.30. The van der Waals surface area contributed by atoms with Crippen LogP contribution in [0.1, 0.15) is 19.8 Å². The van der Waals surface area contributed by atoms with Gasteiger partial charge in [-0.15, -0.1) is 0 Å². The summed E-state index contributed by atoms with van der Waals surface area (Å²) in [5.74, 6) is 0.889. The van der Waals surface area contributed by atoms with Gasteiger partial charge < -0.3 is 4.74 Å². The molecule has 0 saturated carbocycles. The minimum atomic E-state index is -3.78. The average molecular weight is 425 g/mol. The molecule has 28 heavy (non-hydrogen) atoms. The zero-order valence-electron chi connectivity index (χ0n) is 15.8. The number of sulfonamides is 2. The minimum Gasteiger partial charge on any atom is -0.497 e. The highest BCUT2D eigenvalue weighted by Gasteiger charge is 2.28. The maximum atomic E-state index is 12.8. The summed E-state index contributed by atoms with van der Waals surface area (Å²) in [6.45, 7) is 3.06. The topological polar surface area (TPSA) is 92.8 Å². The Balaban J connectivity index is 1.76. The molecule has 3 rings (SSSR count). The molecule has 1 N–H and O–H groups in total. The van der Waals surface area contributed by atoms with E-state index in [1.807, 2.05) is 6.92 Å². The Morgan fingerprint density at radius 3 is 2.14 bits per heavy atom. The van der Waals surface area contributed by atoms with Gasteiger partial charge in [0.25, 0.3) is 10.0 Å². The minimum absolute atomic E-state index is 0.0901. The molecule has 1 fully saturated rings. The molecule has 1 aliphatic heterocycles. The molecule has 1 heterocycles. The number of nitrogens with one attached hydrogen (secondary N) is 1. The van der Waals surface area contributed by atoms with E-state index in [1.54, 1.807) is 12.1 Å². The molecule has 0 bridgehead atoms. The van der Waals surface area contributed by atoms with Crippen LogP contribution < -0.4 is 9.46 Å². The van der Waals surface area contributed by atoms with Gasteiger partial charge in [0.05, 0.1) is 16.9 Å². The second kappa shape index (κ2) is 8.10. The highest BCUT2D eigenvalue weighted by molar-refractivity contribution is 7.92. The van der Waals surface area contributed by atoms with Crippen molar-refractivity contribution in [2.24, 2.45) is 5.92 Å². The first-order valence-electron chi connectivity index (χ1n) is 8.99. The number of methoxy groups -OCH3 is 1. The second-order valence-electron chi connectivity index (χ2n) is 6.92. The van der Waals surface area contributed by atoms with Gasteiger partial charge in [-0.1, -0.05) is 6.92 Å². The third kappa shape index (κ3) is 4.48. The maximum absolute atomic E-state index is 12.8. The summed E-state index contributed by atoms with van der Waals surface area (Å²) in [4.78, 5) is 0.251. The van der Waals surface area contributed by atoms with Crippen molar-refractivity contribution in [3.8, 4) is 5.75 Å². The summed E-state index contributed by atoms with van der Waals surface area (Å²) in [6, 6.07) is 11.8. The van der Waals surface area contributed by atoms with Crippen LogP contribution >= 0.6 is 0 Å². The van der Waals surface area contributed by atoms with Gasteiger partial charge in [0.1, 0.15) is 5.75 Å². The predicted molar refractivity (Wildman–Crippen MR) is 107 cm³/mol. The van der Waals surface area contributed by atoms with Gasteiger partial charge in [0.2, 0.25) is 10.0 Å². The Hall–Kier alpha value is -2.10. The first-order chi connectivity index (χ1) is 13.2. The Bertz CT molecular complexity index is 1020. The quantitative estimate of drug-likeness (QED) is 0.770. The molecule has 0 aromatic heterocycles. The third-order valence-corrected chi connectivity index (χ3v) is 8.01. The van der Waals surface area contributed by atoms with Crippen molar-refractivity contribution in [2.75, 3.05) is 24.9 Å². The molecule has 2 aromatic carbocycles. The molecule has 0 radical (unpaired) electrons. The molecular formula is C19H24N2O5S2. The van der Waals surface area contributed by atoms with Crippen molar-refractivity contribution in [2.45, 2.75) is 29.6 Å². The number of ether oxygens (including phenoxy) is 1. The van der Waals surface area contributed by atoms with Crippen LogP contribution in [0.15, 0.2) is 58.3 Å². The van der Waals surface area contributed by atoms with E-state index in [0.717, 1.165) is 12.8 Å². The zero-order valence-corrected chi connectivity index (χ0v) is 17.5.